The highest BCUT2D eigenvalue weighted by Crippen LogP contribution is 2.45. The molecule has 5 unspecified atom stereocenters. The van der Waals surface area contributed by atoms with Gasteiger partial charge in [0.25, 0.3) is 5.72 Å². The average Bonchev–Trinajstić information content (AvgIpc) is 3.04. The SMILES string of the molecule is C/C=C1\CC(C)C(O)(CO)C(=O)OCC2=CC[N+]3(C)CCC(OC1=O)C23O. The predicted molar refractivity (Wildman–Crippen MR) is 94.0 cm³/mol. The highest BCUT2D eigenvalue weighted by Gasteiger charge is 2.65. The molecule has 0 aromatic heterocycles. The van der Waals surface area contributed by atoms with E-state index in [1.807, 2.05) is 7.05 Å². The van der Waals surface area contributed by atoms with Crippen molar-refractivity contribution in [1.82, 2.24) is 0 Å². The number of quaternary nitrogens is 1. The van der Waals surface area contributed by atoms with Gasteiger partial charge in [-0.1, -0.05) is 13.0 Å². The second-order valence-corrected chi connectivity index (χ2v) is 8.02. The highest BCUT2D eigenvalue weighted by molar-refractivity contribution is 5.89. The third-order valence-corrected chi connectivity index (χ3v) is 6.52. The van der Waals surface area contributed by atoms with Gasteiger partial charge in [0.15, 0.2) is 11.7 Å². The van der Waals surface area contributed by atoms with Crippen LogP contribution in [-0.4, -0.2) is 82.5 Å². The monoisotopic (exact) mass is 382 g/mol. The topological polar surface area (TPSA) is 113 Å². The lowest BCUT2D eigenvalue weighted by Gasteiger charge is -2.40. The van der Waals surface area contributed by atoms with Crippen LogP contribution in [0, 0.1) is 5.92 Å². The van der Waals surface area contributed by atoms with Crippen LogP contribution in [0.15, 0.2) is 23.3 Å². The quantitative estimate of drug-likeness (QED) is 0.245. The van der Waals surface area contributed by atoms with Gasteiger partial charge in [0, 0.05) is 17.9 Å². The molecule has 0 saturated carbocycles. The van der Waals surface area contributed by atoms with Crippen molar-refractivity contribution >= 4 is 11.9 Å². The maximum Gasteiger partial charge on any atom is 0.341 e. The largest absolute Gasteiger partial charge is 0.459 e. The number of allylic oxidation sites excluding steroid dienone is 1. The van der Waals surface area contributed by atoms with Gasteiger partial charge in [0.05, 0.1) is 25.8 Å². The van der Waals surface area contributed by atoms with Gasteiger partial charge in [-0.05, 0) is 19.4 Å². The summed E-state index contributed by atoms with van der Waals surface area (Å²) in [5.41, 5.74) is -2.90. The van der Waals surface area contributed by atoms with Crippen molar-refractivity contribution in [2.45, 2.75) is 44.1 Å². The second kappa shape index (κ2) is 6.70. The maximum atomic E-state index is 12.7. The zero-order chi connectivity index (χ0) is 20.0. The summed E-state index contributed by atoms with van der Waals surface area (Å²) in [5, 5.41) is 31.8. The lowest BCUT2D eigenvalue weighted by Crippen LogP contribution is -2.61. The number of likely N-dealkylation sites (N-methyl/N-ethyl adjacent to an activating group) is 1. The van der Waals surface area contributed by atoms with Crippen LogP contribution >= 0.6 is 0 Å². The van der Waals surface area contributed by atoms with E-state index in [0.29, 0.717) is 25.1 Å². The Morgan fingerprint density at radius 1 is 1.37 bits per heavy atom. The Hall–Kier alpha value is -1.74. The summed E-state index contributed by atoms with van der Waals surface area (Å²) in [7, 11) is 1.87. The molecule has 0 radical (unpaired) electrons. The highest BCUT2D eigenvalue weighted by atomic mass is 16.6. The van der Waals surface area contributed by atoms with E-state index in [-0.39, 0.29) is 23.1 Å². The molecule has 2 saturated heterocycles. The second-order valence-electron chi connectivity index (χ2n) is 8.02. The molecule has 27 heavy (non-hydrogen) atoms. The number of cyclic esters (lactones) is 1. The van der Waals surface area contributed by atoms with Crippen molar-refractivity contribution in [3.63, 3.8) is 0 Å². The molecule has 3 aliphatic heterocycles. The number of aliphatic hydroxyl groups excluding tert-OH is 1. The zero-order valence-electron chi connectivity index (χ0n) is 16.0. The summed E-state index contributed by atoms with van der Waals surface area (Å²) >= 11 is 0. The van der Waals surface area contributed by atoms with Gasteiger partial charge in [-0.25, -0.2) is 9.59 Å². The summed E-state index contributed by atoms with van der Waals surface area (Å²) in [4.78, 5) is 25.3. The molecule has 0 aromatic rings. The third-order valence-electron chi connectivity index (χ3n) is 6.52. The summed E-state index contributed by atoms with van der Waals surface area (Å²) in [6, 6.07) is 0. The minimum absolute atomic E-state index is 0.0292. The molecule has 0 spiro atoms. The fraction of sp³-hybridized carbons (Fsp3) is 0.684. The number of carbonyl (C=O) groups is 2. The lowest BCUT2D eigenvalue weighted by atomic mass is 9.84. The average molecular weight is 382 g/mol. The molecule has 0 amide bonds. The molecule has 3 aliphatic rings. The number of rotatable bonds is 1. The standard InChI is InChI=1S/C19H28NO7/c1-4-13-9-12(2)18(24,11-21)17(23)26-10-14-5-7-20(3)8-6-15(19(14,20)25)27-16(13)22/h4-5,12,15,21,24-25H,6-11H2,1-3H3/q+1/b13-4+. The van der Waals surface area contributed by atoms with Crippen LogP contribution < -0.4 is 0 Å². The predicted octanol–water partition coefficient (Wildman–Crippen LogP) is -0.370. The Bertz CT molecular complexity index is 717. The molecule has 8 heteroatoms. The number of hydrogen-bond acceptors (Lipinski definition) is 7. The van der Waals surface area contributed by atoms with Crippen molar-refractivity contribution < 1.29 is 38.9 Å². The van der Waals surface area contributed by atoms with Gasteiger partial charge in [-0.2, -0.15) is 0 Å². The van der Waals surface area contributed by atoms with E-state index in [9.17, 15) is 24.9 Å². The smallest absolute Gasteiger partial charge is 0.341 e. The van der Waals surface area contributed by atoms with Crippen molar-refractivity contribution in [1.29, 1.82) is 0 Å². The minimum Gasteiger partial charge on any atom is -0.459 e. The molecular formula is C19H28NO7+. The molecule has 3 N–H and O–H groups in total. The first-order valence-electron chi connectivity index (χ1n) is 9.25. The first-order chi connectivity index (χ1) is 12.6. The Morgan fingerprint density at radius 3 is 2.70 bits per heavy atom. The number of carbonyl (C=O) groups excluding carboxylic acids is 2. The Morgan fingerprint density at radius 2 is 2.07 bits per heavy atom. The van der Waals surface area contributed by atoms with E-state index in [2.05, 4.69) is 0 Å². The van der Waals surface area contributed by atoms with Crippen molar-refractivity contribution in [2.75, 3.05) is 33.4 Å². The zero-order valence-corrected chi connectivity index (χ0v) is 16.0. The van der Waals surface area contributed by atoms with Crippen molar-refractivity contribution in [3.05, 3.63) is 23.3 Å². The lowest BCUT2D eigenvalue weighted by molar-refractivity contribution is -0.955. The van der Waals surface area contributed by atoms with E-state index in [1.54, 1.807) is 26.0 Å². The number of aliphatic hydroxyl groups is 3. The van der Waals surface area contributed by atoms with Crippen LogP contribution in [0.4, 0.5) is 0 Å². The van der Waals surface area contributed by atoms with Crippen LogP contribution in [-0.2, 0) is 19.1 Å². The molecule has 3 heterocycles. The van der Waals surface area contributed by atoms with Crippen LogP contribution in [0.5, 0.6) is 0 Å². The molecular weight excluding hydrogens is 354 g/mol. The van der Waals surface area contributed by atoms with Gasteiger partial charge in [0.1, 0.15) is 13.2 Å². The fourth-order valence-electron chi connectivity index (χ4n) is 4.39. The van der Waals surface area contributed by atoms with Crippen molar-refractivity contribution in [2.24, 2.45) is 5.92 Å². The molecule has 150 valence electrons. The fourth-order valence-corrected chi connectivity index (χ4v) is 4.39. The number of hydrogen-bond donors (Lipinski definition) is 3. The molecule has 2 fully saturated rings. The first kappa shape index (κ1) is 20.0. The summed E-state index contributed by atoms with van der Waals surface area (Å²) in [6.07, 6.45) is 3.13. The number of ether oxygens (including phenoxy) is 2. The molecule has 0 bridgehead atoms. The van der Waals surface area contributed by atoms with Crippen LogP contribution in [0.3, 0.4) is 0 Å². The number of esters is 2. The summed E-state index contributed by atoms with van der Waals surface area (Å²) < 4.78 is 11.2. The summed E-state index contributed by atoms with van der Waals surface area (Å²) in [6.45, 7) is 3.30. The molecule has 0 aliphatic carbocycles. The van der Waals surface area contributed by atoms with E-state index in [0.717, 1.165) is 0 Å². The molecule has 8 nitrogen and oxygen atoms in total. The van der Waals surface area contributed by atoms with Gasteiger partial charge >= 0.3 is 11.9 Å². The Kier molecular flexibility index (Phi) is 4.96. The van der Waals surface area contributed by atoms with Crippen LogP contribution in [0.25, 0.3) is 0 Å². The van der Waals surface area contributed by atoms with E-state index >= 15 is 0 Å². The maximum absolute atomic E-state index is 12.7. The van der Waals surface area contributed by atoms with Crippen molar-refractivity contribution in [3.8, 4) is 0 Å². The normalized spacial score (nSPS) is 44.1. The van der Waals surface area contributed by atoms with Crippen LogP contribution in [0.1, 0.15) is 26.7 Å². The Balaban J connectivity index is 2.02. The molecule has 5 atom stereocenters. The molecule has 3 rings (SSSR count). The van der Waals surface area contributed by atoms with E-state index < -0.39 is 41.9 Å². The van der Waals surface area contributed by atoms with E-state index in [4.69, 9.17) is 9.47 Å². The Labute approximate surface area is 158 Å². The van der Waals surface area contributed by atoms with Gasteiger partial charge < -0.3 is 24.8 Å². The van der Waals surface area contributed by atoms with E-state index in [1.165, 1.54) is 0 Å². The first-order valence-corrected chi connectivity index (χ1v) is 9.25. The van der Waals surface area contributed by atoms with Gasteiger partial charge in [-0.3, -0.25) is 4.48 Å². The van der Waals surface area contributed by atoms with Crippen LogP contribution in [0.2, 0.25) is 0 Å². The molecule has 0 aromatic carbocycles. The number of nitrogens with zero attached hydrogens (tertiary/aromatic N) is 1. The van der Waals surface area contributed by atoms with Gasteiger partial charge in [0.2, 0.25) is 0 Å². The summed E-state index contributed by atoms with van der Waals surface area (Å²) in [5.74, 6) is -2.33. The minimum atomic E-state index is -2.15. The third kappa shape index (κ3) is 2.82. The van der Waals surface area contributed by atoms with Gasteiger partial charge in [-0.15, -0.1) is 0 Å².